The molecule has 0 atom stereocenters. The number of nitrogens with one attached hydrogen (secondary N) is 1. The smallest absolute Gasteiger partial charge is 0.321 e. The number of benzene rings is 1. The second kappa shape index (κ2) is 6.46. The number of amides is 2. The van der Waals surface area contributed by atoms with Gasteiger partial charge in [0, 0.05) is 18.7 Å². The highest BCUT2D eigenvalue weighted by Gasteiger charge is 2.18. The topological polar surface area (TPSA) is 52.6 Å². The number of rotatable bonds is 1. The maximum absolute atomic E-state index is 12.0. The van der Waals surface area contributed by atoms with E-state index in [9.17, 15) is 4.79 Å². The molecule has 0 radical (unpaired) electrons. The molecule has 1 saturated heterocycles. The van der Waals surface area contributed by atoms with E-state index in [0.717, 1.165) is 25.9 Å². The predicted molar refractivity (Wildman–Crippen MR) is 75.2 cm³/mol. The lowest BCUT2D eigenvalue weighted by Crippen LogP contribution is -2.32. The lowest BCUT2D eigenvalue weighted by Gasteiger charge is -2.16. The van der Waals surface area contributed by atoms with E-state index >= 15 is 0 Å². The van der Waals surface area contributed by atoms with E-state index < -0.39 is 0 Å². The van der Waals surface area contributed by atoms with Gasteiger partial charge in [-0.2, -0.15) is 0 Å². The number of hydrogen-bond donors (Lipinski definition) is 2. The molecule has 5 heteroatoms. The third-order valence-corrected chi connectivity index (χ3v) is 3.24. The second-order valence-electron chi connectivity index (χ2n) is 4.28. The van der Waals surface area contributed by atoms with Crippen LogP contribution in [0.15, 0.2) is 18.2 Å². The molecule has 1 aromatic carbocycles. The molecular weight excluding hydrogens is 264 g/mol. The maximum Gasteiger partial charge on any atom is 0.321 e. The number of hydrogen-bond acceptors (Lipinski definition) is 2. The van der Waals surface area contributed by atoms with Crippen molar-refractivity contribution < 1.29 is 9.90 Å². The molecule has 4 nitrogen and oxygen atoms in total. The molecule has 0 saturated carbocycles. The van der Waals surface area contributed by atoms with Crippen molar-refractivity contribution in [3.05, 3.63) is 28.8 Å². The molecule has 0 aliphatic carbocycles. The third-order valence-electron chi connectivity index (χ3n) is 2.91. The molecule has 0 aromatic heterocycles. The average Bonchev–Trinajstić information content (AvgIpc) is 2.93. The minimum Gasteiger partial charge on any atom is -0.384 e. The van der Waals surface area contributed by atoms with E-state index in [-0.39, 0.29) is 12.6 Å². The number of anilines is 1. The Bertz CT molecular complexity index is 528. The molecule has 19 heavy (non-hydrogen) atoms. The summed E-state index contributed by atoms with van der Waals surface area (Å²) in [5, 5.41) is 11.9. The van der Waals surface area contributed by atoms with Crippen molar-refractivity contribution >= 4 is 23.3 Å². The summed E-state index contributed by atoms with van der Waals surface area (Å²) in [5.74, 6) is 5.34. The fourth-order valence-electron chi connectivity index (χ4n) is 1.95. The van der Waals surface area contributed by atoms with E-state index in [2.05, 4.69) is 17.2 Å². The van der Waals surface area contributed by atoms with E-state index in [1.165, 1.54) is 0 Å². The van der Waals surface area contributed by atoms with Crippen LogP contribution in [0.4, 0.5) is 10.5 Å². The maximum atomic E-state index is 12.0. The SMILES string of the molecule is O=C(Nc1cc(C#CCO)ccc1Cl)N1CCCC1. The quantitative estimate of drug-likeness (QED) is 0.775. The Hall–Kier alpha value is -1.70. The fraction of sp³-hybridized carbons (Fsp3) is 0.357. The average molecular weight is 279 g/mol. The first kappa shape index (κ1) is 13.7. The second-order valence-corrected chi connectivity index (χ2v) is 4.69. The van der Waals surface area contributed by atoms with E-state index in [1.807, 2.05) is 0 Å². The molecule has 1 fully saturated rings. The first-order valence-corrected chi connectivity index (χ1v) is 6.53. The summed E-state index contributed by atoms with van der Waals surface area (Å²) < 4.78 is 0. The molecule has 2 N–H and O–H groups in total. The monoisotopic (exact) mass is 278 g/mol. The molecule has 1 aromatic rings. The van der Waals surface area contributed by atoms with Gasteiger partial charge in [0.25, 0.3) is 0 Å². The van der Waals surface area contributed by atoms with Crippen LogP contribution in [0, 0.1) is 11.8 Å². The summed E-state index contributed by atoms with van der Waals surface area (Å²) in [7, 11) is 0. The predicted octanol–water partition coefficient (Wildman–Crippen LogP) is 2.31. The number of carbonyl (C=O) groups excluding carboxylic acids is 1. The molecule has 0 spiro atoms. The van der Waals surface area contributed by atoms with Gasteiger partial charge in [-0.15, -0.1) is 0 Å². The molecule has 0 bridgehead atoms. The molecule has 1 aliphatic rings. The number of nitrogens with zero attached hydrogens (tertiary/aromatic N) is 1. The first-order valence-electron chi connectivity index (χ1n) is 6.16. The van der Waals surface area contributed by atoms with Gasteiger partial charge in [0.2, 0.25) is 0 Å². The fourth-order valence-corrected chi connectivity index (χ4v) is 2.12. The van der Waals surface area contributed by atoms with Gasteiger partial charge >= 0.3 is 6.03 Å². The third kappa shape index (κ3) is 3.63. The van der Waals surface area contributed by atoms with Crippen LogP contribution < -0.4 is 5.32 Å². The zero-order valence-corrected chi connectivity index (χ0v) is 11.2. The summed E-state index contributed by atoms with van der Waals surface area (Å²) >= 11 is 6.05. The number of urea groups is 1. The lowest BCUT2D eigenvalue weighted by molar-refractivity contribution is 0.222. The van der Waals surface area contributed by atoms with Crippen molar-refractivity contribution in [1.29, 1.82) is 0 Å². The number of likely N-dealkylation sites (tertiary alicyclic amines) is 1. The molecule has 100 valence electrons. The summed E-state index contributed by atoms with van der Waals surface area (Å²) in [4.78, 5) is 13.7. The summed E-state index contributed by atoms with van der Waals surface area (Å²) in [6.45, 7) is 1.37. The van der Waals surface area contributed by atoms with Crippen LogP contribution in [0.2, 0.25) is 5.02 Å². The van der Waals surface area contributed by atoms with Crippen LogP contribution >= 0.6 is 11.6 Å². The van der Waals surface area contributed by atoms with Crippen molar-refractivity contribution in [2.45, 2.75) is 12.8 Å². The Balaban J connectivity index is 2.12. The van der Waals surface area contributed by atoms with Crippen molar-refractivity contribution in [3.8, 4) is 11.8 Å². The van der Waals surface area contributed by atoms with Crippen LogP contribution in [-0.2, 0) is 0 Å². The van der Waals surface area contributed by atoms with Crippen LogP contribution in [-0.4, -0.2) is 35.7 Å². The molecule has 0 unspecified atom stereocenters. The Morgan fingerprint density at radius 3 is 2.84 bits per heavy atom. The van der Waals surface area contributed by atoms with Crippen molar-refractivity contribution in [2.75, 3.05) is 25.0 Å². The van der Waals surface area contributed by atoms with E-state index in [1.54, 1.807) is 23.1 Å². The number of carbonyl (C=O) groups is 1. The van der Waals surface area contributed by atoms with Gasteiger partial charge < -0.3 is 15.3 Å². The van der Waals surface area contributed by atoms with Gasteiger partial charge in [-0.05, 0) is 31.0 Å². The summed E-state index contributed by atoms with van der Waals surface area (Å²) in [6.07, 6.45) is 2.09. The number of aliphatic hydroxyl groups is 1. The minimum atomic E-state index is -0.196. The highest BCUT2D eigenvalue weighted by Crippen LogP contribution is 2.23. The Morgan fingerprint density at radius 2 is 2.16 bits per heavy atom. The lowest BCUT2D eigenvalue weighted by atomic mass is 10.2. The molecule has 1 heterocycles. The zero-order chi connectivity index (χ0) is 13.7. The van der Waals surface area contributed by atoms with Crippen molar-refractivity contribution in [2.24, 2.45) is 0 Å². The minimum absolute atomic E-state index is 0.133. The van der Waals surface area contributed by atoms with Gasteiger partial charge in [-0.3, -0.25) is 0 Å². The largest absolute Gasteiger partial charge is 0.384 e. The normalized spacial score (nSPS) is 13.9. The van der Waals surface area contributed by atoms with E-state index in [4.69, 9.17) is 16.7 Å². The highest BCUT2D eigenvalue weighted by atomic mass is 35.5. The molecule has 1 aliphatic heterocycles. The summed E-state index contributed by atoms with van der Waals surface area (Å²) in [6, 6.07) is 5.00. The Morgan fingerprint density at radius 1 is 1.42 bits per heavy atom. The van der Waals surface area contributed by atoms with Gasteiger partial charge in [0.15, 0.2) is 0 Å². The Kier molecular flexibility index (Phi) is 4.67. The van der Waals surface area contributed by atoms with Gasteiger partial charge in [0.1, 0.15) is 6.61 Å². The highest BCUT2D eigenvalue weighted by molar-refractivity contribution is 6.33. The van der Waals surface area contributed by atoms with Gasteiger partial charge in [0.05, 0.1) is 10.7 Å². The van der Waals surface area contributed by atoms with Crippen LogP contribution in [0.25, 0.3) is 0 Å². The van der Waals surface area contributed by atoms with Gasteiger partial charge in [-0.25, -0.2) is 4.79 Å². The van der Waals surface area contributed by atoms with Crippen LogP contribution in [0.1, 0.15) is 18.4 Å². The number of aliphatic hydroxyl groups excluding tert-OH is 1. The Labute approximate surface area is 117 Å². The summed E-state index contributed by atoms with van der Waals surface area (Å²) in [5.41, 5.74) is 1.25. The zero-order valence-electron chi connectivity index (χ0n) is 10.4. The van der Waals surface area contributed by atoms with Gasteiger partial charge in [-0.1, -0.05) is 23.4 Å². The van der Waals surface area contributed by atoms with Crippen LogP contribution in [0.3, 0.4) is 0 Å². The van der Waals surface area contributed by atoms with Crippen molar-refractivity contribution in [3.63, 3.8) is 0 Å². The molecule has 2 rings (SSSR count). The number of halogens is 1. The van der Waals surface area contributed by atoms with E-state index in [0.29, 0.717) is 16.3 Å². The molecule has 2 amide bonds. The van der Waals surface area contributed by atoms with Crippen molar-refractivity contribution in [1.82, 2.24) is 4.90 Å². The molecular formula is C14H15ClN2O2. The standard InChI is InChI=1S/C14H15ClN2O2/c15-12-6-5-11(4-3-9-18)10-13(12)16-14(19)17-7-1-2-8-17/h5-6,10,18H,1-2,7-9H2,(H,16,19). The first-order chi connectivity index (χ1) is 9.20. The van der Waals surface area contributed by atoms with Crippen LogP contribution in [0.5, 0.6) is 0 Å².